The largest absolute Gasteiger partial charge is 0.494 e. The Balaban J connectivity index is 3.39. The van der Waals surface area contributed by atoms with Crippen LogP contribution in [0.15, 0.2) is 12.1 Å². The van der Waals surface area contributed by atoms with Crippen LogP contribution >= 0.6 is 0 Å². The van der Waals surface area contributed by atoms with Crippen molar-refractivity contribution in [1.82, 2.24) is 0 Å². The number of methoxy groups -OCH3 is 1. The van der Waals surface area contributed by atoms with E-state index in [-0.39, 0.29) is 16.9 Å². The van der Waals surface area contributed by atoms with Gasteiger partial charge in [-0.1, -0.05) is 0 Å². The highest BCUT2D eigenvalue weighted by molar-refractivity contribution is 5.95. The Hall–Kier alpha value is -1.91. The molecule has 5 heteroatoms. The molecule has 0 bridgehead atoms. The first kappa shape index (κ1) is 10.2. The fourth-order valence-electron chi connectivity index (χ4n) is 0.996. The van der Waals surface area contributed by atoms with E-state index in [2.05, 4.69) is 4.74 Å². The maximum Gasteiger partial charge on any atom is 0.248 e. The summed E-state index contributed by atoms with van der Waals surface area (Å²) in [5, 5.41) is 0. The van der Waals surface area contributed by atoms with Crippen LogP contribution in [0.5, 0.6) is 5.75 Å². The maximum absolute atomic E-state index is 13.2. The molecule has 0 atom stereocenters. The summed E-state index contributed by atoms with van der Waals surface area (Å²) in [5.74, 6) is -1.72. The summed E-state index contributed by atoms with van der Waals surface area (Å²) in [6.07, 6.45) is 0.296. The van der Waals surface area contributed by atoms with E-state index < -0.39 is 11.7 Å². The molecule has 0 aliphatic rings. The van der Waals surface area contributed by atoms with Crippen molar-refractivity contribution in [3.63, 3.8) is 0 Å². The third kappa shape index (κ3) is 1.71. The number of nitrogens with two attached hydrogens (primary N) is 1. The number of primary amides is 1. The van der Waals surface area contributed by atoms with Gasteiger partial charge in [-0.05, 0) is 12.1 Å². The normalized spacial score (nSPS) is 9.57. The fourth-order valence-corrected chi connectivity index (χ4v) is 0.996. The minimum absolute atomic E-state index is 0.0327. The molecule has 0 aliphatic heterocycles. The average Bonchev–Trinajstić information content (AvgIpc) is 2.17. The number of hydrogen-bond donors (Lipinski definition) is 1. The first-order chi connectivity index (χ1) is 6.60. The minimum atomic E-state index is -0.799. The minimum Gasteiger partial charge on any atom is -0.494 e. The molecule has 0 aliphatic carbocycles. The molecule has 0 aromatic heterocycles. The lowest BCUT2D eigenvalue weighted by Crippen LogP contribution is -2.12. The summed E-state index contributed by atoms with van der Waals surface area (Å²) in [7, 11) is 1.23. The van der Waals surface area contributed by atoms with Crippen LogP contribution in [0.2, 0.25) is 0 Å². The van der Waals surface area contributed by atoms with Gasteiger partial charge in [0.25, 0.3) is 0 Å². The number of benzene rings is 1. The van der Waals surface area contributed by atoms with Crippen LogP contribution in [-0.4, -0.2) is 19.3 Å². The predicted molar refractivity (Wildman–Crippen MR) is 46.9 cm³/mol. The topological polar surface area (TPSA) is 69.4 Å². The number of hydrogen-bond acceptors (Lipinski definition) is 3. The van der Waals surface area contributed by atoms with Crippen LogP contribution in [0.25, 0.3) is 0 Å². The molecule has 1 rings (SSSR count). The van der Waals surface area contributed by atoms with E-state index in [1.807, 2.05) is 0 Å². The highest BCUT2D eigenvalue weighted by Gasteiger charge is 2.13. The van der Waals surface area contributed by atoms with Crippen molar-refractivity contribution >= 4 is 12.2 Å². The van der Waals surface area contributed by atoms with E-state index in [1.54, 1.807) is 0 Å². The summed E-state index contributed by atoms with van der Waals surface area (Å²) < 4.78 is 17.8. The molecule has 0 radical (unpaired) electrons. The Kier molecular flexibility index (Phi) is 2.81. The molecule has 0 heterocycles. The second kappa shape index (κ2) is 3.87. The summed E-state index contributed by atoms with van der Waals surface area (Å²) in [6.45, 7) is 0. The van der Waals surface area contributed by atoms with Crippen LogP contribution < -0.4 is 10.5 Å². The molecule has 1 aromatic carbocycles. The average molecular weight is 197 g/mol. The van der Waals surface area contributed by atoms with Crippen molar-refractivity contribution in [2.24, 2.45) is 5.73 Å². The van der Waals surface area contributed by atoms with E-state index in [0.717, 1.165) is 12.1 Å². The van der Waals surface area contributed by atoms with Crippen molar-refractivity contribution in [1.29, 1.82) is 0 Å². The van der Waals surface area contributed by atoms with E-state index in [9.17, 15) is 14.0 Å². The van der Waals surface area contributed by atoms with E-state index in [1.165, 1.54) is 7.11 Å². The van der Waals surface area contributed by atoms with Gasteiger partial charge >= 0.3 is 0 Å². The Morgan fingerprint density at radius 1 is 1.57 bits per heavy atom. The highest BCUT2D eigenvalue weighted by Crippen LogP contribution is 2.21. The number of amides is 1. The van der Waals surface area contributed by atoms with Gasteiger partial charge in [-0.2, -0.15) is 0 Å². The molecule has 0 fully saturated rings. The van der Waals surface area contributed by atoms with Gasteiger partial charge in [0.1, 0.15) is 0 Å². The van der Waals surface area contributed by atoms with Crippen molar-refractivity contribution < 1.29 is 18.7 Å². The van der Waals surface area contributed by atoms with E-state index >= 15 is 0 Å². The number of carbonyl (C=O) groups excluding carboxylic acids is 2. The van der Waals surface area contributed by atoms with Crippen LogP contribution in [0.1, 0.15) is 20.7 Å². The Morgan fingerprint density at radius 2 is 2.21 bits per heavy atom. The second-order valence-electron chi connectivity index (χ2n) is 2.56. The predicted octanol–water partition coefficient (Wildman–Crippen LogP) is 0.746. The lowest BCUT2D eigenvalue weighted by Gasteiger charge is -2.05. The molecule has 0 unspecified atom stereocenters. The Bertz CT molecular complexity index is 390. The van der Waals surface area contributed by atoms with Crippen molar-refractivity contribution in [2.45, 2.75) is 0 Å². The Labute approximate surface area is 79.5 Å². The van der Waals surface area contributed by atoms with Gasteiger partial charge in [-0.3, -0.25) is 9.59 Å². The Morgan fingerprint density at radius 3 is 2.64 bits per heavy atom. The molecule has 2 N–H and O–H groups in total. The molecular weight excluding hydrogens is 189 g/mol. The van der Waals surface area contributed by atoms with Crippen LogP contribution in [-0.2, 0) is 0 Å². The van der Waals surface area contributed by atoms with Gasteiger partial charge in [0.2, 0.25) is 5.91 Å². The first-order valence-electron chi connectivity index (χ1n) is 3.72. The van der Waals surface area contributed by atoms with Crippen molar-refractivity contribution in [3.05, 3.63) is 29.1 Å². The summed E-state index contributed by atoms with van der Waals surface area (Å²) in [4.78, 5) is 21.2. The van der Waals surface area contributed by atoms with Crippen molar-refractivity contribution in [2.75, 3.05) is 7.11 Å². The molecule has 14 heavy (non-hydrogen) atoms. The summed E-state index contributed by atoms with van der Waals surface area (Å²) in [5.41, 5.74) is 4.76. The molecular formula is C9H8FNO3. The second-order valence-corrected chi connectivity index (χ2v) is 2.56. The molecule has 74 valence electrons. The molecule has 0 saturated carbocycles. The summed E-state index contributed by atoms with van der Waals surface area (Å²) in [6, 6.07) is 2.22. The van der Waals surface area contributed by atoms with Gasteiger partial charge in [0.15, 0.2) is 17.9 Å². The first-order valence-corrected chi connectivity index (χ1v) is 3.72. The van der Waals surface area contributed by atoms with Gasteiger partial charge in [0.05, 0.1) is 12.7 Å². The quantitative estimate of drug-likeness (QED) is 0.726. The number of rotatable bonds is 3. The number of halogens is 1. The highest BCUT2D eigenvalue weighted by atomic mass is 19.1. The molecule has 0 saturated heterocycles. The third-order valence-corrected chi connectivity index (χ3v) is 1.70. The van der Waals surface area contributed by atoms with Crippen LogP contribution in [0, 0.1) is 5.82 Å². The number of aldehydes is 1. The number of ether oxygens (including phenoxy) is 1. The summed E-state index contributed by atoms with van der Waals surface area (Å²) >= 11 is 0. The molecule has 1 amide bonds. The lowest BCUT2D eigenvalue weighted by atomic mass is 10.1. The molecule has 1 aromatic rings. The standard InChI is InChI=1S/C9H8FNO3/c1-14-7-3-5(9(11)13)2-6(4-12)8(7)10/h2-4H,1H3,(H2,11,13). The smallest absolute Gasteiger partial charge is 0.248 e. The zero-order valence-electron chi connectivity index (χ0n) is 7.41. The lowest BCUT2D eigenvalue weighted by molar-refractivity contribution is 0.1000. The van der Waals surface area contributed by atoms with Crippen molar-refractivity contribution in [3.8, 4) is 5.75 Å². The fraction of sp³-hybridized carbons (Fsp3) is 0.111. The van der Waals surface area contributed by atoms with Crippen LogP contribution in [0.3, 0.4) is 0 Å². The van der Waals surface area contributed by atoms with E-state index in [0.29, 0.717) is 6.29 Å². The van der Waals surface area contributed by atoms with Gasteiger partial charge in [-0.25, -0.2) is 4.39 Å². The van der Waals surface area contributed by atoms with Gasteiger partial charge in [0, 0.05) is 5.56 Å². The SMILES string of the molecule is COc1cc(C(N)=O)cc(C=O)c1F. The van der Waals surface area contributed by atoms with Crippen LogP contribution in [0.4, 0.5) is 4.39 Å². The maximum atomic E-state index is 13.2. The number of carbonyl (C=O) groups is 2. The molecule has 4 nitrogen and oxygen atoms in total. The zero-order chi connectivity index (χ0) is 10.7. The van der Waals surface area contributed by atoms with Gasteiger partial charge < -0.3 is 10.5 Å². The van der Waals surface area contributed by atoms with Gasteiger partial charge in [-0.15, -0.1) is 0 Å². The third-order valence-electron chi connectivity index (χ3n) is 1.70. The monoisotopic (exact) mass is 197 g/mol. The zero-order valence-corrected chi connectivity index (χ0v) is 7.41. The van der Waals surface area contributed by atoms with E-state index in [4.69, 9.17) is 5.73 Å². The molecule has 0 spiro atoms.